The second-order valence-electron chi connectivity index (χ2n) is 9.22. The topological polar surface area (TPSA) is 104 Å². The molecule has 1 saturated heterocycles. The minimum Gasteiger partial charge on any atom is -0.484 e. The second-order valence-corrected chi connectivity index (χ2v) is 9.22. The lowest BCUT2D eigenvalue weighted by Gasteiger charge is -2.34. The maximum Gasteiger partial charge on any atom is 0.203 e. The van der Waals surface area contributed by atoms with Gasteiger partial charge in [0.1, 0.15) is 17.3 Å². The highest BCUT2D eigenvalue weighted by Gasteiger charge is 2.27. The van der Waals surface area contributed by atoms with E-state index in [1.54, 1.807) is 16.8 Å². The highest BCUT2D eigenvalue weighted by atomic mass is 16.5. The van der Waals surface area contributed by atoms with Gasteiger partial charge in [0.05, 0.1) is 18.9 Å². The van der Waals surface area contributed by atoms with E-state index in [9.17, 15) is 0 Å². The van der Waals surface area contributed by atoms with Crippen LogP contribution in [0.4, 0.5) is 0 Å². The zero-order chi connectivity index (χ0) is 23.4. The first-order valence-electron chi connectivity index (χ1n) is 11.8. The summed E-state index contributed by atoms with van der Waals surface area (Å²) in [5.41, 5.74) is 8.83. The Morgan fingerprint density at radius 2 is 1.79 bits per heavy atom. The average molecular weight is 453 g/mol. The van der Waals surface area contributed by atoms with Crippen LogP contribution in [0.2, 0.25) is 0 Å². The first kappa shape index (κ1) is 23.5. The standard InChI is InChI=1S/C25H36N6O2/c1-29(2)15-16-32-18-11-13-30(14-12-18)25(28)31-17-19(7-10-24(31)27)33-23-9-8-22(26)20-5-3-4-6-21(20)23/h3-7,10,17-18,22-23,27-28H,8-9,11-16,26H2,1-2H3/t22-,23+/m0/s1. The molecule has 4 rings (SSSR count). The first-order chi connectivity index (χ1) is 15.9. The lowest BCUT2D eigenvalue weighted by Crippen LogP contribution is -2.46. The molecule has 0 amide bonds. The normalized spacial score (nSPS) is 21.2. The van der Waals surface area contributed by atoms with Gasteiger partial charge in [-0.15, -0.1) is 0 Å². The molecule has 0 unspecified atom stereocenters. The molecule has 8 heteroatoms. The number of nitrogens with zero attached hydrogens (tertiary/aromatic N) is 3. The van der Waals surface area contributed by atoms with Crippen LogP contribution >= 0.6 is 0 Å². The quantitative estimate of drug-likeness (QED) is 0.462. The predicted octanol–water partition coefficient (Wildman–Crippen LogP) is 2.71. The van der Waals surface area contributed by atoms with Gasteiger partial charge in [0.15, 0.2) is 0 Å². The Balaban J connectivity index is 1.40. The smallest absolute Gasteiger partial charge is 0.203 e. The summed E-state index contributed by atoms with van der Waals surface area (Å²) in [4.78, 5) is 4.13. The molecule has 1 fully saturated rings. The number of fused-ring (bicyclic) bond motifs is 1. The van der Waals surface area contributed by atoms with Gasteiger partial charge in [0.2, 0.25) is 5.96 Å². The van der Waals surface area contributed by atoms with Crippen LogP contribution in [0.15, 0.2) is 42.6 Å². The Labute approximate surface area is 195 Å². The molecule has 33 heavy (non-hydrogen) atoms. The first-order valence-corrected chi connectivity index (χ1v) is 11.8. The number of hydrogen-bond donors (Lipinski definition) is 3. The summed E-state index contributed by atoms with van der Waals surface area (Å²) in [6.07, 6.45) is 5.43. The number of nitrogens with two attached hydrogens (primary N) is 1. The number of hydrogen-bond acceptors (Lipinski definition) is 6. The third-order valence-electron chi connectivity index (χ3n) is 6.54. The lowest BCUT2D eigenvalue weighted by atomic mass is 9.86. The highest BCUT2D eigenvalue weighted by Crippen LogP contribution is 2.37. The fourth-order valence-corrected chi connectivity index (χ4v) is 4.59. The third-order valence-corrected chi connectivity index (χ3v) is 6.54. The molecule has 2 aliphatic rings. The number of piperidine rings is 1. The van der Waals surface area contributed by atoms with Crippen molar-refractivity contribution in [3.8, 4) is 5.75 Å². The van der Waals surface area contributed by atoms with Gasteiger partial charge >= 0.3 is 0 Å². The minimum absolute atomic E-state index is 0.0459. The van der Waals surface area contributed by atoms with Crippen LogP contribution in [-0.2, 0) is 4.74 Å². The number of pyridine rings is 1. The van der Waals surface area contributed by atoms with Crippen molar-refractivity contribution in [3.63, 3.8) is 0 Å². The molecule has 178 valence electrons. The number of likely N-dealkylation sites (tertiary alicyclic amines) is 1. The van der Waals surface area contributed by atoms with Crippen molar-refractivity contribution < 1.29 is 9.47 Å². The molecular formula is C25H36N6O2. The molecule has 8 nitrogen and oxygen atoms in total. The van der Waals surface area contributed by atoms with Crippen LogP contribution in [0.3, 0.4) is 0 Å². The number of aromatic nitrogens is 1. The fourth-order valence-electron chi connectivity index (χ4n) is 4.59. The van der Waals surface area contributed by atoms with Crippen molar-refractivity contribution in [3.05, 3.63) is 59.2 Å². The van der Waals surface area contributed by atoms with Gasteiger partial charge in [0, 0.05) is 25.7 Å². The van der Waals surface area contributed by atoms with E-state index in [0.717, 1.165) is 63.1 Å². The van der Waals surface area contributed by atoms with E-state index in [4.69, 9.17) is 26.0 Å². The van der Waals surface area contributed by atoms with E-state index < -0.39 is 0 Å². The Kier molecular flexibility index (Phi) is 7.47. The van der Waals surface area contributed by atoms with Crippen molar-refractivity contribution in [2.45, 2.75) is 43.9 Å². The van der Waals surface area contributed by atoms with Gasteiger partial charge < -0.3 is 25.0 Å². The zero-order valence-electron chi connectivity index (χ0n) is 19.7. The van der Waals surface area contributed by atoms with Crippen molar-refractivity contribution in [2.75, 3.05) is 40.3 Å². The number of benzene rings is 1. The van der Waals surface area contributed by atoms with Crippen LogP contribution in [0.5, 0.6) is 5.75 Å². The molecule has 0 spiro atoms. The van der Waals surface area contributed by atoms with Crippen molar-refractivity contribution in [1.82, 2.24) is 14.4 Å². The van der Waals surface area contributed by atoms with Crippen LogP contribution in [-0.4, -0.2) is 66.8 Å². The van der Waals surface area contributed by atoms with Gasteiger partial charge in [-0.1, -0.05) is 24.3 Å². The van der Waals surface area contributed by atoms with E-state index >= 15 is 0 Å². The minimum atomic E-state index is -0.0738. The molecule has 2 heterocycles. The van der Waals surface area contributed by atoms with Crippen molar-refractivity contribution >= 4 is 5.96 Å². The molecule has 0 saturated carbocycles. The predicted molar refractivity (Wildman–Crippen MR) is 128 cm³/mol. The molecule has 1 aliphatic heterocycles. The van der Waals surface area contributed by atoms with E-state index in [1.165, 1.54) is 0 Å². The number of nitrogens with one attached hydrogen (secondary N) is 2. The SMILES string of the molecule is CN(C)CCOC1CCN(C(=N)n2cc(O[C@@H]3CC[C@H](N)c4ccccc43)ccc2=N)CC1. The summed E-state index contributed by atoms with van der Waals surface area (Å²) in [7, 11) is 4.09. The number of ether oxygens (including phenoxy) is 2. The fraction of sp³-hybridized carbons (Fsp3) is 0.520. The average Bonchev–Trinajstić information content (AvgIpc) is 2.82. The van der Waals surface area contributed by atoms with Crippen molar-refractivity contribution in [1.29, 1.82) is 10.8 Å². The van der Waals surface area contributed by atoms with Crippen molar-refractivity contribution in [2.24, 2.45) is 5.73 Å². The van der Waals surface area contributed by atoms with E-state index in [-0.39, 0.29) is 23.7 Å². The van der Waals surface area contributed by atoms with E-state index in [1.807, 2.05) is 37.2 Å². The summed E-state index contributed by atoms with van der Waals surface area (Å²) in [6.45, 7) is 3.14. The molecule has 1 aromatic carbocycles. The summed E-state index contributed by atoms with van der Waals surface area (Å²) in [5, 5.41) is 17.1. The lowest BCUT2D eigenvalue weighted by molar-refractivity contribution is 0.0125. The molecule has 0 bridgehead atoms. The van der Waals surface area contributed by atoms with Gasteiger partial charge in [-0.25, -0.2) is 0 Å². The maximum atomic E-state index is 8.73. The van der Waals surface area contributed by atoms with E-state index in [0.29, 0.717) is 11.7 Å². The molecule has 2 aromatic rings. The summed E-state index contributed by atoms with van der Waals surface area (Å²) < 4.78 is 13.9. The second kappa shape index (κ2) is 10.5. The van der Waals surface area contributed by atoms with Gasteiger partial charge in [-0.3, -0.25) is 15.4 Å². The van der Waals surface area contributed by atoms with Gasteiger partial charge in [-0.2, -0.15) is 0 Å². The van der Waals surface area contributed by atoms with Crippen LogP contribution < -0.4 is 16.0 Å². The van der Waals surface area contributed by atoms with Gasteiger partial charge in [-0.05, 0) is 63.0 Å². The Morgan fingerprint density at radius 1 is 1.06 bits per heavy atom. The summed E-state index contributed by atoms with van der Waals surface area (Å²) in [6, 6.07) is 11.7. The molecule has 0 radical (unpaired) electrons. The van der Waals surface area contributed by atoms with Crippen LogP contribution in [0.1, 0.15) is 49.0 Å². The third kappa shape index (κ3) is 5.63. The molecular weight excluding hydrogens is 416 g/mol. The largest absolute Gasteiger partial charge is 0.484 e. The van der Waals surface area contributed by atoms with Crippen LogP contribution in [0, 0.1) is 10.8 Å². The molecule has 1 aromatic heterocycles. The Hall–Kier alpha value is -2.68. The highest BCUT2D eigenvalue weighted by molar-refractivity contribution is 5.79. The van der Waals surface area contributed by atoms with Gasteiger partial charge in [0.25, 0.3) is 0 Å². The number of likely N-dealkylation sites (N-methyl/N-ethyl adjacent to an activating group) is 1. The molecule has 4 N–H and O–H groups in total. The Morgan fingerprint density at radius 3 is 2.52 bits per heavy atom. The molecule has 2 atom stereocenters. The summed E-state index contributed by atoms with van der Waals surface area (Å²) >= 11 is 0. The Bertz CT molecular complexity index is 1010. The molecule has 1 aliphatic carbocycles. The van der Waals surface area contributed by atoms with E-state index in [2.05, 4.69) is 17.0 Å². The number of rotatable bonds is 6. The van der Waals surface area contributed by atoms with Crippen LogP contribution in [0.25, 0.3) is 0 Å². The maximum absolute atomic E-state index is 8.73. The monoisotopic (exact) mass is 452 g/mol. The zero-order valence-corrected chi connectivity index (χ0v) is 19.7. The summed E-state index contributed by atoms with van der Waals surface area (Å²) in [5.74, 6) is 0.969.